The topological polar surface area (TPSA) is 115 Å². The number of carbonyl (C=O) groups is 3. The van der Waals surface area contributed by atoms with Gasteiger partial charge in [0, 0.05) is 31.9 Å². The molecule has 0 spiro atoms. The second-order valence-corrected chi connectivity index (χ2v) is 17.9. The Morgan fingerprint density at radius 2 is 1.05 bits per heavy atom. The van der Waals surface area contributed by atoms with E-state index in [0.29, 0.717) is 36.9 Å². The summed E-state index contributed by atoms with van der Waals surface area (Å²) < 4.78 is 11.4. The Bertz CT molecular complexity index is 2760. The van der Waals surface area contributed by atoms with Crippen LogP contribution in [0, 0.1) is 0 Å². The van der Waals surface area contributed by atoms with Gasteiger partial charge in [-0.1, -0.05) is 107 Å². The molecule has 332 valence electrons. The lowest BCUT2D eigenvalue weighted by molar-refractivity contribution is -0.118. The molecule has 0 bridgehead atoms. The molecule has 6 aromatic rings. The van der Waals surface area contributed by atoms with Gasteiger partial charge in [0.2, 0.25) is 6.41 Å². The number of hydrogen-bond acceptors (Lipinski definition) is 7. The molecular formula is C52H46Cl4N4O5. The molecule has 13 heteroatoms. The highest BCUT2D eigenvalue weighted by atomic mass is 35.5. The third kappa shape index (κ3) is 11.3. The number of anilines is 1. The number of nitrogen functional groups attached to an aromatic ring is 1. The molecule has 0 aromatic heterocycles. The maximum atomic E-state index is 12.6. The Balaban J connectivity index is 0.000000149. The lowest BCUT2D eigenvalue weighted by atomic mass is 10.0. The molecule has 0 saturated carbocycles. The number of benzene rings is 6. The number of ether oxygens (including phenoxy) is 2. The molecule has 10 rings (SSSR count). The number of aliphatic imine (C=N–C) groups is 1. The standard InChI is InChI=1S/C26H22Cl2N2O2.C16H13Cl2NO2.C10H11NO/c27-23-9-6-19(13-24(23)28)26(31)32-25-10-7-18-5-8-21(14-22(18)25)29-16-30-12-11-17-3-1-2-4-20(17)15-30;17-13-5-2-10(7-14(13)18)16(20)21-15-6-3-9-1-4-11(19)8-12(9)15;12-8-11-6-5-9-3-1-2-4-10(9)7-11/h1-6,8-9,13-14,16,25H,7,10-12,15H2;1-2,4-5,7-8,15H,3,6,19H2;1-4,8H,5-7H2. The van der Waals surface area contributed by atoms with E-state index in [1.807, 2.05) is 47.6 Å². The Kier molecular flexibility index (Phi) is 14.8. The molecule has 1 amide bonds. The second-order valence-electron chi connectivity index (χ2n) is 16.3. The maximum absolute atomic E-state index is 12.6. The largest absolute Gasteiger partial charge is 0.454 e. The molecule has 65 heavy (non-hydrogen) atoms. The molecule has 2 aliphatic carbocycles. The summed E-state index contributed by atoms with van der Waals surface area (Å²) in [5, 5.41) is 1.49. The quantitative estimate of drug-likeness (QED) is 0.0557. The number of hydrogen-bond donors (Lipinski definition) is 1. The number of aryl methyl sites for hydroxylation is 2. The minimum atomic E-state index is -0.408. The highest BCUT2D eigenvalue weighted by Crippen LogP contribution is 2.38. The number of carbonyl (C=O) groups excluding carboxylic acids is 3. The van der Waals surface area contributed by atoms with Gasteiger partial charge in [0.1, 0.15) is 12.2 Å². The van der Waals surface area contributed by atoms with E-state index in [2.05, 4.69) is 53.4 Å². The first kappa shape index (κ1) is 45.7. The van der Waals surface area contributed by atoms with Gasteiger partial charge < -0.3 is 25.0 Å². The molecule has 4 aliphatic rings. The molecule has 0 radical (unpaired) electrons. The number of rotatable bonds is 7. The highest BCUT2D eigenvalue weighted by Gasteiger charge is 2.28. The molecular weight excluding hydrogens is 902 g/mol. The number of nitrogens with two attached hydrogens (primary N) is 1. The molecule has 0 fully saturated rings. The fourth-order valence-electron chi connectivity index (χ4n) is 8.47. The SMILES string of the molecule is Nc1ccc2c(c1)C(OC(=O)c1ccc(Cl)c(Cl)c1)CC2.O=C(OC1CCc2ccc(N=CN3CCc4ccccc4C3)cc21)c1ccc(Cl)c(Cl)c1.O=CN1CCc2ccccc2C1. The Morgan fingerprint density at radius 3 is 1.58 bits per heavy atom. The van der Waals surface area contributed by atoms with E-state index >= 15 is 0 Å². The highest BCUT2D eigenvalue weighted by molar-refractivity contribution is 6.42. The third-order valence-corrected chi connectivity index (χ3v) is 13.5. The van der Waals surface area contributed by atoms with Gasteiger partial charge in [-0.3, -0.25) is 4.79 Å². The van der Waals surface area contributed by atoms with Gasteiger partial charge in [0.25, 0.3) is 0 Å². The lowest BCUT2D eigenvalue weighted by Gasteiger charge is -2.26. The monoisotopic (exact) mass is 946 g/mol. The van der Waals surface area contributed by atoms with E-state index in [-0.39, 0.29) is 12.2 Å². The summed E-state index contributed by atoms with van der Waals surface area (Å²) in [6, 6.07) is 38.2. The van der Waals surface area contributed by atoms with Crippen LogP contribution in [0.1, 0.15) is 90.3 Å². The van der Waals surface area contributed by atoms with Crippen LogP contribution < -0.4 is 5.73 Å². The van der Waals surface area contributed by atoms with E-state index in [0.717, 1.165) is 87.9 Å². The van der Waals surface area contributed by atoms with Gasteiger partial charge in [-0.05, 0) is 144 Å². The van der Waals surface area contributed by atoms with Crippen molar-refractivity contribution in [3.63, 3.8) is 0 Å². The Morgan fingerprint density at radius 1 is 0.554 bits per heavy atom. The number of esters is 2. The van der Waals surface area contributed by atoms with Crippen molar-refractivity contribution in [3.05, 3.63) is 197 Å². The average Bonchev–Trinajstić information content (AvgIpc) is 3.92. The van der Waals surface area contributed by atoms with E-state index in [4.69, 9.17) is 66.6 Å². The first-order valence-electron chi connectivity index (χ1n) is 21.5. The zero-order valence-electron chi connectivity index (χ0n) is 35.4. The summed E-state index contributed by atoms with van der Waals surface area (Å²) in [6.45, 7) is 3.46. The van der Waals surface area contributed by atoms with Gasteiger partial charge in [-0.25, -0.2) is 14.6 Å². The van der Waals surface area contributed by atoms with Crippen LogP contribution in [0.3, 0.4) is 0 Å². The molecule has 2 N–H and O–H groups in total. The third-order valence-electron chi connectivity index (χ3n) is 12.0. The maximum Gasteiger partial charge on any atom is 0.338 e. The summed E-state index contributed by atoms with van der Waals surface area (Å²) in [7, 11) is 0. The van der Waals surface area contributed by atoms with Crippen molar-refractivity contribution in [1.82, 2.24) is 9.80 Å². The van der Waals surface area contributed by atoms with E-state index < -0.39 is 11.9 Å². The van der Waals surface area contributed by atoms with Gasteiger partial charge in [0.15, 0.2) is 0 Å². The molecule has 6 aromatic carbocycles. The summed E-state index contributed by atoms with van der Waals surface area (Å²) >= 11 is 23.8. The Labute approximate surface area is 398 Å². The predicted octanol–water partition coefficient (Wildman–Crippen LogP) is 12.2. The van der Waals surface area contributed by atoms with E-state index in [1.54, 1.807) is 30.3 Å². The molecule has 9 nitrogen and oxygen atoms in total. The van der Waals surface area contributed by atoms with Crippen molar-refractivity contribution in [3.8, 4) is 0 Å². The summed E-state index contributed by atoms with van der Waals surface area (Å²) in [6.07, 6.45) is 7.61. The molecule has 0 saturated heterocycles. The number of fused-ring (bicyclic) bond motifs is 4. The lowest BCUT2D eigenvalue weighted by Crippen LogP contribution is -2.29. The van der Waals surface area contributed by atoms with Gasteiger partial charge in [0.05, 0.1) is 43.2 Å². The summed E-state index contributed by atoms with van der Waals surface area (Å²) in [5.74, 6) is -0.809. The molecule has 2 unspecified atom stereocenters. The van der Waals surface area contributed by atoms with E-state index in [9.17, 15) is 14.4 Å². The summed E-state index contributed by atoms with van der Waals surface area (Å²) in [5.41, 5.74) is 18.0. The molecule has 2 atom stereocenters. The van der Waals surface area contributed by atoms with Gasteiger partial charge in [-0.2, -0.15) is 0 Å². The second kappa shape index (κ2) is 21.0. The van der Waals surface area contributed by atoms with Gasteiger partial charge >= 0.3 is 11.9 Å². The van der Waals surface area contributed by atoms with Crippen molar-refractivity contribution >= 4 is 82.5 Å². The van der Waals surface area contributed by atoms with Crippen molar-refractivity contribution in [2.75, 3.05) is 18.8 Å². The Hall–Kier alpha value is -5.84. The van der Waals surface area contributed by atoms with Crippen LogP contribution in [0.4, 0.5) is 11.4 Å². The van der Waals surface area contributed by atoms with Crippen molar-refractivity contribution in [2.24, 2.45) is 4.99 Å². The minimum absolute atomic E-state index is 0.259. The van der Waals surface area contributed by atoms with Crippen LogP contribution in [0.5, 0.6) is 0 Å². The van der Waals surface area contributed by atoms with E-state index in [1.165, 1.54) is 39.4 Å². The predicted molar refractivity (Wildman–Crippen MR) is 259 cm³/mol. The minimum Gasteiger partial charge on any atom is -0.454 e. The summed E-state index contributed by atoms with van der Waals surface area (Å²) in [4.78, 5) is 44.1. The first-order chi connectivity index (χ1) is 31.5. The van der Waals surface area contributed by atoms with Crippen LogP contribution in [0.25, 0.3) is 0 Å². The molecule has 2 aliphatic heterocycles. The smallest absolute Gasteiger partial charge is 0.338 e. The van der Waals surface area contributed by atoms with Crippen LogP contribution in [0.15, 0.2) is 126 Å². The van der Waals surface area contributed by atoms with Crippen molar-refractivity contribution < 1.29 is 23.9 Å². The average molecular weight is 949 g/mol. The van der Waals surface area contributed by atoms with Crippen molar-refractivity contribution in [1.29, 1.82) is 0 Å². The van der Waals surface area contributed by atoms with Crippen molar-refractivity contribution in [2.45, 2.75) is 63.8 Å². The van der Waals surface area contributed by atoms with Crippen LogP contribution in [-0.4, -0.2) is 47.6 Å². The number of halogens is 4. The fraction of sp³-hybridized carbons (Fsp3) is 0.231. The normalized spacial score (nSPS) is 16.7. The fourth-order valence-corrected chi connectivity index (χ4v) is 9.07. The zero-order chi connectivity index (χ0) is 45.5. The number of amides is 1. The molecule has 2 heterocycles. The first-order valence-corrected chi connectivity index (χ1v) is 23.0. The zero-order valence-corrected chi connectivity index (χ0v) is 38.4. The van der Waals surface area contributed by atoms with Crippen LogP contribution >= 0.6 is 46.4 Å². The van der Waals surface area contributed by atoms with Gasteiger partial charge in [-0.15, -0.1) is 0 Å². The number of nitrogens with zero attached hydrogens (tertiary/aromatic N) is 3. The van der Waals surface area contributed by atoms with Crippen LogP contribution in [-0.2, 0) is 53.0 Å². The van der Waals surface area contributed by atoms with Crippen LogP contribution in [0.2, 0.25) is 20.1 Å².